The zero-order chi connectivity index (χ0) is 14.4. The van der Waals surface area contributed by atoms with Crippen LogP contribution >= 0.6 is 31.9 Å². The van der Waals surface area contributed by atoms with Gasteiger partial charge in [-0.1, -0.05) is 22.9 Å². The summed E-state index contributed by atoms with van der Waals surface area (Å²) in [7, 11) is 0. The van der Waals surface area contributed by atoms with Crippen molar-refractivity contribution in [2.75, 3.05) is 11.9 Å². The first-order valence-electron chi connectivity index (χ1n) is 5.78. The van der Waals surface area contributed by atoms with Crippen LogP contribution in [0.25, 0.3) is 0 Å². The molecule has 0 amide bonds. The molecule has 1 atom stereocenters. The quantitative estimate of drug-likeness (QED) is 0.380. The highest BCUT2D eigenvalue weighted by molar-refractivity contribution is 9.10. The molecule has 0 saturated heterocycles. The maximum Gasteiger partial charge on any atom is 0.315 e. The number of nitro groups is 1. The van der Waals surface area contributed by atoms with Gasteiger partial charge >= 0.3 is 5.69 Å². The molecule has 106 valence electrons. The monoisotopic (exact) mass is 397 g/mol. The molecule has 0 saturated carbocycles. The first-order chi connectivity index (χ1) is 8.95. The maximum atomic E-state index is 13.1. The van der Waals surface area contributed by atoms with Crippen molar-refractivity contribution in [1.82, 2.24) is 0 Å². The molecule has 0 spiro atoms. The molecule has 1 unspecified atom stereocenters. The lowest BCUT2D eigenvalue weighted by Gasteiger charge is -2.12. The number of hydrogen-bond acceptors (Lipinski definition) is 3. The maximum absolute atomic E-state index is 13.1. The molecule has 7 heteroatoms. The van der Waals surface area contributed by atoms with E-state index in [1.54, 1.807) is 0 Å². The van der Waals surface area contributed by atoms with Gasteiger partial charge in [-0.25, -0.2) is 4.39 Å². The predicted molar refractivity (Wildman–Crippen MR) is 78.4 cm³/mol. The first kappa shape index (κ1) is 16.4. The summed E-state index contributed by atoms with van der Waals surface area (Å²) in [4.78, 5) is 10.2. The van der Waals surface area contributed by atoms with Crippen molar-refractivity contribution in [3.8, 4) is 5.75 Å². The van der Waals surface area contributed by atoms with E-state index >= 15 is 0 Å². The van der Waals surface area contributed by atoms with Crippen molar-refractivity contribution in [2.24, 2.45) is 5.92 Å². The minimum absolute atomic E-state index is 0.0810. The van der Waals surface area contributed by atoms with Gasteiger partial charge in [0.2, 0.25) is 5.75 Å². The molecule has 19 heavy (non-hydrogen) atoms. The number of ether oxygens (including phenoxy) is 1. The molecule has 1 aromatic rings. The standard InChI is InChI=1S/C12H14Br2FNO3/c1-8(2-4-13)3-5-19-12-10(14)6-9(15)7-11(12)16(17)18/h6-8H,2-5H2,1H3. The van der Waals surface area contributed by atoms with Crippen molar-refractivity contribution >= 4 is 37.5 Å². The third-order valence-electron chi connectivity index (χ3n) is 2.64. The largest absolute Gasteiger partial charge is 0.486 e. The summed E-state index contributed by atoms with van der Waals surface area (Å²) in [6.45, 7) is 2.44. The molecule has 0 aliphatic rings. The second-order valence-electron chi connectivity index (χ2n) is 4.21. The second-order valence-corrected chi connectivity index (χ2v) is 5.86. The highest BCUT2D eigenvalue weighted by Gasteiger charge is 2.20. The van der Waals surface area contributed by atoms with Gasteiger partial charge in [-0.3, -0.25) is 10.1 Å². The summed E-state index contributed by atoms with van der Waals surface area (Å²) in [5, 5.41) is 11.8. The smallest absolute Gasteiger partial charge is 0.315 e. The van der Waals surface area contributed by atoms with Crippen LogP contribution < -0.4 is 4.74 Å². The Hall–Kier alpha value is -0.690. The van der Waals surface area contributed by atoms with Crippen molar-refractivity contribution < 1.29 is 14.1 Å². The van der Waals surface area contributed by atoms with Crippen molar-refractivity contribution in [3.63, 3.8) is 0 Å². The summed E-state index contributed by atoms with van der Waals surface area (Å²) in [5.74, 6) is -0.131. The van der Waals surface area contributed by atoms with Crippen LogP contribution in [0.4, 0.5) is 10.1 Å². The molecule has 0 aliphatic carbocycles. The van der Waals surface area contributed by atoms with E-state index in [9.17, 15) is 14.5 Å². The molecule has 1 aromatic carbocycles. The highest BCUT2D eigenvalue weighted by Crippen LogP contribution is 2.36. The molecule has 0 bridgehead atoms. The van der Waals surface area contributed by atoms with Crippen LogP contribution in [0.3, 0.4) is 0 Å². The van der Waals surface area contributed by atoms with Gasteiger partial charge in [0.1, 0.15) is 5.82 Å². The lowest BCUT2D eigenvalue weighted by Crippen LogP contribution is -2.06. The van der Waals surface area contributed by atoms with Crippen LogP contribution in [-0.2, 0) is 0 Å². The minimum Gasteiger partial charge on any atom is -0.486 e. The van der Waals surface area contributed by atoms with Crippen molar-refractivity contribution in [2.45, 2.75) is 19.8 Å². The van der Waals surface area contributed by atoms with E-state index in [1.807, 2.05) is 0 Å². The number of rotatable bonds is 7. The zero-order valence-electron chi connectivity index (χ0n) is 10.4. The summed E-state index contributed by atoms with van der Waals surface area (Å²) in [6.07, 6.45) is 1.79. The summed E-state index contributed by atoms with van der Waals surface area (Å²) in [6, 6.07) is 2.02. The Morgan fingerprint density at radius 1 is 1.47 bits per heavy atom. The number of halogens is 3. The number of alkyl halides is 1. The Kier molecular flexibility index (Phi) is 6.71. The highest BCUT2D eigenvalue weighted by atomic mass is 79.9. The zero-order valence-corrected chi connectivity index (χ0v) is 13.5. The lowest BCUT2D eigenvalue weighted by atomic mass is 10.1. The van der Waals surface area contributed by atoms with E-state index < -0.39 is 10.7 Å². The lowest BCUT2D eigenvalue weighted by molar-refractivity contribution is -0.386. The van der Waals surface area contributed by atoms with E-state index in [4.69, 9.17) is 4.74 Å². The molecule has 0 fully saturated rings. The van der Waals surface area contributed by atoms with Crippen LogP contribution in [0.2, 0.25) is 0 Å². The number of hydrogen-bond donors (Lipinski definition) is 0. The molecular formula is C12H14Br2FNO3. The van der Waals surface area contributed by atoms with Crippen LogP contribution in [0.5, 0.6) is 5.75 Å². The van der Waals surface area contributed by atoms with Gasteiger partial charge in [0.25, 0.3) is 0 Å². The van der Waals surface area contributed by atoms with Gasteiger partial charge in [-0.15, -0.1) is 0 Å². The molecular weight excluding hydrogens is 385 g/mol. The number of nitrogens with zero attached hydrogens (tertiary/aromatic N) is 1. The Morgan fingerprint density at radius 3 is 2.74 bits per heavy atom. The molecule has 0 aromatic heterocycles. The second kappa shape index (κ2) is 7.79. The minimum atomic E-state index is -0.668. The topological polar surface area (TPSA) is 52.4 Å². The van der Waals surface area contributed by atoms with Crippen LogP contribution in [0, 0.1) is 21.8 Å². The van der Waals surface area contributed by atoms with Gasteiger partial charge < -0.3 is 4.74 Å². The van der Waals surface area contributed by atoms with Crippen molar-refractivity contribution in [1.29, 1.82) is 0 Å². The van der Waals surface area contributed by atoms with Crippen molar-refractivity contribution in [3.05, 3.63) is 32.5 Å². The van der Waals surface area contributed by atoms with E-state index in [0.29, 0.717) is 12.5 Å². The van der Waals surface area contributed by atoms with E-state index in [1.165, 1.54) is 0 Å². The molecule has 0 N–H and O–H groups in total. The normalized spacial score (nSPS) is 12.2. The van der Waals surface area contributed by atoms with Gasteiger partial charge in [0.15, 0.2) is 0 Å². The average molecular weight is 399 g/mol. The number of benzene rings is 1. The fourth-order valence-electron chi connectivity index (χ4n) is 1.52. The Balaban J connectivity index is 2.75. The molecule has 0 aliphatic heterocycles. The van der Waals surface area contributed by atoms with E-state index in [-0.39, 0.29) is 15.9 Å². The van der Waals surface area contributed by atoms with E-state index in [2.05, 4.69) is 38.8 Å². The summed E-state index contributed by atoms with van der Waals surface area (Å²) >= 11 is 6.45. The molecule has 0 radical (unpaired) electrons. The Morgan fingerprint density at radius 2 is 2.16 bits per heavy atom. The SMILES string of the molecule is CC(CCBr)CCOc1c(Br)cc(F)cc1[N+](=O)[O-]. The third-order valence-corrected chi connectivity index (χ3v) is 3.69. The van der Waals surface area contributed by atoms with Gasteiger partial charge in [0.05, 0.1) is 22.1 Å². The van der Waals surface area contributed by atoms with Gasteiger partial charge in [-0.05, 0) is 40.8 Å². The fraction of sp³-hybridized carbons (Fsp3) is 0.500. The van der Waals surface area contributed by atoms with Gasteiger partial charge in [0, 0.05) is 5.33 Å². The summed E-state index contributed by atoms with van der Waals surface area (Å²) < 4.78 is 18.8. The fourth-order valence-corrected chi connectivity index (χ4v) is 2.84. The molecule has 1 rings (SSSR count). The molecule has 4 nitrogen and oxygen atoms in total. The van der Waals surface area contributed by atoms with Crippen LogP contribution in [-0.4, -0.2) is 16.9 Å². The number of nitro benzene ring substituents is 1. The molecule has 0 heterocycles. The first-order valence-corrected chi connectivity index (χ1v) is 7.69. The average Bonchev–Trinajstić information content (AvgIpc) is 2.31. The van der Waals surface area contributed by atoms with Crippen LogP contribution in [0.1, 0.15) is 19.8 Å². The van der Waals surface area contributed by atoms with Crippen LogP contribution in [0.15, 0.2) is 16.6 Å². The Bertz CT molecular complexity index is 457. The third kappa shape index (κ3) is 5.06. The van der Waals surface area contributed by atoms with Gasteiger partial charge in [-0.2, -0.15) is 0 Å². The Labute approximate surface area is 127 Å². The summed E-state index contributed by atoms with van der Waals surface area (Å²) in [5.41, 5.74) is -0.361. The predicted octanol–water partition coefficient (Wildman–Crippen LogP) is 4.69. The van der Waals surface area contributed by atoms with E-state index in [0.717, 1.165) is 30.3 Å².